The lowest BCUT2D eigenvalue weighted by molar-refractivity contribution is 0.838. The molecule has 5 heteroatoms. The molecule has 0 saturated carbocycles. The number of nitrogens with zero attached hydrogens (tertiary/aromatic N) is 2. The molecule has 4 nitrogen and oxygen atoms in total. The zero-order chi connectivity index (χ0) is 13.6. The molecule has 1 unspecified atom stereocenters. The van der Waals surface area contributed by atoms with Gasteiger partial charge in [-0.15, -0.1) is 0 Å². The lowest BCUT2D eigenvalue weighted by Gasteiger charge is -2.11. The fourth-order valence-electron chi connectivity index (χ4n) is 2.49. The Kier molecular flexibility index (Phi) is 2.82. The van der Waals surface area contributed by atoms with E-state index in [1.54, 1.807) is 0 Å². The summed E-state index contributed by atoms with van der Waals surface area (Å²) in [5, 5.41) is 4.06. The van der Waals surface area contributed by atoms with Crippen LogP contribution in [-0.4, -0.2) is 16.0 Å². The van der Waals surface area contributed by atoms with E-state index in [1.807, 2.05) is 25.1 Å². The van der Waals surface area contributed by atoms with Crippen molar-refractivity contribution in [3.05, 3.63) is 34.3 Å². The second kappa shape index (κ2) is 4.38. The smallest absolute Gasteiger partial charge is 0.222 e. The number of halogens is 1. The molecule has 1 atom stereocenters. The third kappa shape index (κ3) is 2.02. The maximum Gasteiger partial charge on any atom is 0.222 e. The summed E-state index contributed by atoms with van der Waals surface area (Å²) in [6, 6.07) is 6.18. The first-order chi connectivity index (χ1) is 9.06. The van der Waals surface area contributed by atoms with E-state index >= 15 is 0 Å². The molecule has 0 spiro atoms. The molecule has 19 heavy (non-hydrogen) atoms. The highest BCUT2D eigenvalue weighted by Gasteiger charge is 2.24. The maximum absolute atomic E-state index is 6.19. The lowest BCUT2D eigenvalue weighted by atomic mass is 10.00. The summed E-state index contributed by atoms with van der Waals surface area (Å²) in [5.74, 6) is 1.13. The Bertz CT molecular complexity index is 654. The van der Waals surface area contributed by atoms with Gasteiger partial charge in [-0.25, -0.2) is 4.98 Å². The van der Waals surface area contributed by atoms with Crippen molar-refractivity contribution in [3.8, 4) is 11.3 Å². The summed E-state index contributed by atoms with van der Waals surface area (Å²) >= 11 is 6.19. The third-order valence-corrected chi connectivity index (χ3v) is 3.85. The van der Waals surface area contributed by atoms with E-state index in [0.29, 0.717) is 6.04 Å². The van der Waals surface area contributed by atoms with Gasteiger partial charge in [0.25, 0.3) is 0 Å². The van der Waals surface area contributed by atoms with E-state index in [0.717, 1.165) is 39.6 Å². The topological polar surface area (TPSA) is 63.8 Å². The van der Waals surface area contributed by atoms with Gasteiger partial charge in [-0.1, -0.05) is 23.7 Å². The van der Waals surface area contributed by atoms with Gasteiger partial charge in [0.15, 0.2) is 0 Å². The summed E-state index contributed by atoms with van der Waals surface area (Å²) in [6.07, 6.45) is 0.900. The molecule has 0 fully saturated rings. The van der Waals surface area contributed by atoms with Crippen molar-refractivity contribution < 1.29 is 0 Å². The van der Waals surface area contributed by atoms with Crippen LogP contribution in [0.4, 0.5) is 11.8 Å². The van der Waals surface area contributed by atoms with Crippen molar-refractivity contribution >= 4 is 23.4 Å². The van der Waals surface area contributed by atoms with E-state index in [-0.39, 0.29) is 5.95 Å². The Hall–Kier alpha value is -1.81. The van der Waals surface area contributed by atoms with E-state index in [2.05, 4.69) is 22.2 Å². The van der Waals surface area contributed by atoms with Gasteiger partial charge in [-0.3, -0.25) is 0 Å². The fourth-order valence-corrected chi connectivity index (χ4v) is 2.67. The van der Waals surface area contributed by atoms with Crippen molar-refractivity contribution in [2.75, 3.05) is 11.1 Å². The highest BCUT2D eigenvalue weighted by Crippen LogP contribution is 2.35. The summed E-state index contributed by atoms with van der Waals surface area (Å²) < 4.78 is 0. The predicted molar refractivity (Wildman–Crippen MR) is 78.4 cm³/mol. The van der Waals surface area contributed by atoms with Gasteiger partial charge in [0, 0.05) is 22.2 Å². The zero-order valence-corrected chi connectivity index (χ0v) is 11.6. The number of rotatable bonds is 1. The average Bonchev–Trinajstić information content (AvgIpc) is 2.72. The van der Waals surface area contributed by atoms with Crippen LogP contribution in [0.25, 0.3) is 11.3 Å². The minimum atomic E-state index is 0.287. The molecular weight excluding hydrogens is 260 g/mol. The second-order valence-corrected chi connectivity index (χ2v) is 5.33. The maximum atomic E-state index is 6.19. The number of nitrogen functional groups attached to an aromatic ring is 1. The van der Waals surface area contributed by atoms with E-state index in [4.69, 9.17) is 17.3 Å². The van der Waals surface area contributed by atoms with Gasteiger partial charge in [0.05, 0.1) is 5.69 Å². The Balaban J connectivity index is 2.24. The van der Waals surface area contributed by atoms with Crippen LogP contribution in [0.5, 0.6) is 0 Å². The first kappa shape index (κ1) is 12.2. The molecule has 0 aliphatic carbocycles. The summed E-state index contributed by atoms with van der Waals surface area (Å²) in [6.45, 7) is 4.11. The molecule has 1 aliphatic heterocycles. The number of nitrogens with two attached hydrogens (primary N) is 1. The average molecular weight is 275 g/mol. The van der Waals surface area contributed by atoms with Gasteiger partial charge in [-0.05, 0) is 31.9 Å². The number of aromatic nitrogens is 2. The molecule has 1 aromatic heterocycles. The van der Waals surface area contributed by atoms with Gasteiger partial charge >= 0.3 is 0 Å². The molecular formula is C14H15ClN4. The Morgan fingerprint density at radius 2 is 2.16 bits per heavy atom. The highest BCUT2D eigenvalue weighted by molar-refractivity contribution is 6.31. The molecule has 0 bridgehead atoms. The van der Waals surface area contributed by atoms with Gasteiger partial charge in [0.2, 0.25) is 5.95 Å². The molecule has 1 aliphatic rings. The largest absolute Gasteiger partial charge is 0.368 e. The predicted octanol–water partition coefficient (Wildman–Crippen LogP) is 3.04. The number of fused-ring (bicyclic) bond motifs is 1. The standard InChI is InChI=1S/C14H15ClN4/c1-7-6-10-12(18-14(16)19-13(10)17-7)9-4-3-5-11(15)8(9)2/h3-5,7H,6H2,1-2H3,(H3,16,17,18,19). The number of hydrogen-bond donors (Lipinski definition) is 2. The zero-order valence-electron chi connectivity index (χ0n) is 10.9. The molecule has 2 aromatic rings. The van der Waals surface area contributed by atoms with Crippen LogP contribution in [0.3, 0.4) is 0 Å². The van der Waals surface area contributed by atoms with Crippen LogP contribution in [0.15, 0.2) is 18.2 Å². The quantitative estimate of drug-likeness (QED) is 0.839. The van der Waals surface area contributed by atoms with Gasteiger partial charge < -0.3 is 11.1 Å². The van der Waals surface area contributed by atoms with Gasteiger partial charge in [-0.2, -0.15) is 4.98 Å². The normalized spacial score (nSPS) is 17.1. The first-order valence-corrected chi connectivity index (χ1v) is 6.62. The second-order valence-electron chi connectivity index (χ2n) is 4.92. The number of nitrogens with one attached hydrogen (secondary N) is 1. The SMILES string of the molecule is Cc1c(Cl)cccc1-c1nc(N)nc2c1CC(C)N2. The number of benzene rings is 1. The first-order valence-electron chi connectivity index (χ1n) is 6.24. The minimum absolute atomic E-state index is 0.287. The lowest BCUT2D eigenvalue weighted by Crippen LogP contribution is -2.09. The molecule has 3 N–H and O–H groups in total. The molecule has 0 amide bonds. The third-order valence-electron chi connectivity index (χ3n) is 3.44. The van der Waals surface area contributed by atoms with Crippen molar-refractivity contribution in [2.24, 2.45) is 0 Å². The van der Waals surface area contributed by atoms with E-state index in [1.165, 1.54) is 0 Å². The Morgan fingerprint density at radius 1 is 1.37 bits per heavy atom. The molecule has 0 saturated heterocycles. The van der Waals surface area contributed by atoms with Gasteiger partial charge in [0.1, 0.15) is 5.82 Å². The molecule has 2 heterocycles. The van der Waals surface area contributed by atoms with Crippen LogP contribution in [-0.2, 0) is 6.42 Å². The number of hydrogen-bond acceptors (Lipinski definition) is 4. The van der Waals surface area contributed by atoms with Crippen LogP contribution < -0.4 is 11.1 Å². The molecule has 98 valence electrons. The Labute approximate surface area is 117 Å². The van der Waals surface area contributed by atoms with Crippen molar-refractivity contribution in [1.29, 1.82) is 0 Å². The molecule has 1 aromatic carbocycles. The highest BCUT2D eigenvalue weighted by atomic mass is 35.5. The molecule has 0 radical (unpaired) electrons. The van der Waals surface area contributed by atoms with E-state index in [9.17, 15) is 0 Å². The van der Waals surface area contributed by atoms with Crippen LogP contribution in [0.2, 0.25) is 5.02 Å². The molecule has 3 rings (SSSR count). The summed E-state index contributed by atoms with van der Waals surface area (Å²) in [4.78, 5) is 8.68. The summed E-state index contributed by atoms with van der Waals surface area (Å²) in [5.41, 5.74) is 9.85. The van der Waals surface area contributed by atoms with Crippen LogP contribution in [0, 0.1) is 6.92 Å². The van der Waals surface area contributed by atoms with Crippen LogP contribution in [0.1, 0.15) is 18.1 Å². The van der Waals surface area contributed by atoms with Crippen molar-refractivity contribution in [3.63, 3.8) is 0 Å². The van der Waals surface area contributed by atoms with Crippen LogP contribution >= 0.6 is 11.6 Å². The summed E-state index contributed by atoms with van der Waals surface area (Å²) in [7, 11) is 0. The monoisotopic (exact) mass is 274 g/mol. The van der Waals surface area contributed by atoms with E-state index < -0.39 is 0 Å². The fraction of sp³-hybridized carbons (Fsp3) is 0.286. The van der Waals surface area contributed by atoms with Crippen molar-refractivity contribution in [2.45, 2.75) is 26.3 Å². The Morgan fingerprint density at radius 3 is 2.95 bits per heavy atom. The minimum Gasteiger partial charge on any atom is -0.368 e. The number of anilines is 2. The van der Waals surface area contributed by atoms with Crippen molar-refractivity contribution in [1.82, 2.24) is 9.97 Å².